The lowest BCUT2D eigenvalue weighted by Crippen LogP contribution is -2.43. The number of rotatable bonds is 6. The predicted molar refractivity (Wildman–Crippen MR) is 123 cm³/mol. The molecule has 1 N–H and O–H groups in total. The molecule has 8 heteroatoms. The van der Waals surface area contributed by atoms with Crippen molar-refractivity contribution < 1.29 is 24.2 Å². The van der Waals surface area contributed by atoms with Crippen LogP contribution in [0.2, 0.25) is 0 Å². The van der Waals surface area contributed by atoms with Gasteiger partial charge < -0.3 is 24.4 Å². The van der Waals surface area contributed by atoms with E-state index in [1.165, 1.54) is 7.11 Å². The molecule has 0 unspecified atom stereocenters. The van der Waals surface area contributed by atoms with Gasteiger partial charge in [-0.1, -0.05) is 0 Å². The van der Waals surface area contributed by atoms with Crippen molar-refractivity contribution in [1.82, 2.24) is 14.8 Å². The van der Waals surface area contributed by atoms with Gasteiger partial charge in [0.15, 0.2) is 0 Å². The molecule has 0 bridgehead atoms. The Morgan fingerprint density at radius 3 is 2.19 bits per heavy atom. The molecule has 0 spiro atoms. The van der Waals surface area contributed by atoms with Crippen LogP contribution in [0, 0.1) is 0 Å². The van der Waals surface area contributed by atoms with Crippen molar-refractivity contribution in [3.8, 4) is 5.88 Å². The Morgan fingerprint density at radius 1 is 1.19 bits per heavy atom. The average Bonchev–Trinajstić information content (AvgIpc) is 2.71. The molecule has 0 aliphatic carbocycles. The average molecular weight is 450 g/mol. The summed E-state index contributed by atoms with van der Waals surface area (Å²) in [5.74, 6) is 0.286. The van der Waals surface area contributed by atoms with E-state index in [0.717, 1.165) is 18.4 Å². The zero-order chi connectivity index (χ0) is 24.2. The number of piperidine rings is 1. The van der Waals surface area contributed by atoms with Crippen LogP contribution < -0.4 is 4.74 Å². The Balaban J connectivity index is 2.27. The summed E-state index contributed by atoms with van der Waals surface area (Å²) in [5.41, 5.74) is 1.05. The third-order valence-corrected chi connectivity index (χ3v) is 5.59. The van der Waals surface area contributed by atoms with E-state index in [9.17, 15) is 14.7 Å². The first-order valence-electron chi connectivity index (χ1n) is 11.4. The Morgan fingerprint density at radius 2 is 1.75 bits per heavy atom. The number of hydrogen-bond donors (Lipinski definition) is 1. The van der Waals surface area contributed by atoms with Gasteiger partial charge in [0.1, 0.15) is 11.3 Å². The van der Waals surface area contributed by atoms with Crippen molar-refractivity contribution in [2.45, 2.75) is 91.5 Å². The third kappa shape index (κ3) is 6.12. The number of aliphatic hydroxyl groups is 1. The highest BCUT2D eigenvalue weighted by Crippen LogP contribution is 2.35. The molecule has 1 aliphatic rings. The second-order valence-corrected chi connectivity index (χ2v) is 9.89. The maximum Gasteiger partial charge on any atom is 0.410 e. The molecule has 1 aliphatic heterocycles. The van der Waals surface area contributed by atoms with Gasteiger partial charge in [-0.3, -0.25) is 4.79 Å². The number of carbonyl (C=O) groups excluding carboxylic acids is 2. The summed E-state index contributed by atoms with van der Waals surface area (Å²) in [6.07, 6.45) is 1.14. The van der Waals surface area contributed by atoms with E-state index < -0.39 is 5.60 Å². The summed E-state index contributed by atoms with van der Waals surface area (Å²) in [6, 6.07) is 1.84. The van der Waals surface area contributed by atoms with Crippen LogP contribution in [0.3, 0.4) is 0 Å². The SMILES string of the molecule is COc1nc(C(=O)N(C(C)C)C(C)C)c(CO)cc1C1CCN(C(=O)OC(C)(C)C)CC1. The molecule has 2 amide bonds. The molecular formula is C24H39N3O5. The Kier molecular flexibility index (Phi) is 8.51. The van der Waals surface area contributed by atoms with Crippen LogP contribution in [-0.2, 0) is 11.3 Å². The summed E-state index contributed by atoms with van der Waals surface area (Å²) in [4.78, 5) is 33.6. The number of nitrogens with zero attached hydrogens (tertiary/aromatic N) is 3. The van der Waals surface area contributed by atoms with E-state index in [0.29, 0.717) is 24.5 Å². The largest absolute Gasteiger partial charge is 0.481 e. The summed E-state index contributed by atoms with van der Waals surface area (Å²) in [6.45, 7) is 14.2. The van der Waals surface area contributed by atoms with Crippen molar-refractivity contribution in [3.05, 3.63) is 22.9 Å². The molecule has 8 nitrogen and oxygen atoms in total. The Hall–Kier alpha value is -2.35. The van der Waals surface area contributed by atoms with Crippen LogP contribution in [0.25, 0.3) is 0 Å². The standard InChI is InChI=1S/C24H39N3O5/c1-15(2)27(16(3)4)22(29)20-18(14-28)13-19(21(25-20)31-8)17-9-11-26(12-10-17)23(30)32-24(5,6)7/h13,15-17,28H,9-12,14H2,1-8H3. The lowest BCUT2D eigenvalue weighted by atomic mass is 9.89. The van der Waals surface area contributed by atoms with Gasteiger partial charge in [0, 0.05) is 36.3 Å². The van der Waals surface area contributed by atoms with Crippen molar-refractivity contribution in [2.75, 3.05) is 20.2 Å². The fourth-order valence-electron chi connectivity index (χ4n) is 4.20. The van der Waals surface area contributed by atoms with Gasteiger partial charge in [0.05, 0.1) is 13.7 Å². The zero-order valence-electron chi connectivity index (χ0n) is 20.8. The summed E-state index contributed by atoms with van der Waals surface area (Å²) >= 11 is 0. The number of carbonyl (C=O) groups is 2. The van der Waals surface area contributed by atoms with E-state index in [1.807, 2.05) is 54.5 Å². The smallest absolute Gasteiger partial charge is 0.410 e. The predicted octanol–water partition coefficient (Wildman–Crippen LogP) is 3.96. The monoisotopic (exact) mass is 449 g/mol. The highest BCUT2D eigenvalue weighted by Gasteiger charge is 2.31. The van der Waals surface area contributed by atoms with Crippen LogP contribution in [0.15, 0.2) is 6.07 Å². The Labute approximate surface area is 191 Å². The first-order valence-corrected chi connectivity index (χ1v) is 11.4. The number of pyridine rings is 1. The van der Waals surface area contributed by atoms with Crippen molar-refractivity contribution >= 4 is 12.0 Å². The molecule has 0 saturated carbocycles. The maximum atomic E-state index is 13.2. The molecule has 0 aromatic carbocycles. The van der Waals surface area contributed by atoms with Crippen LogP contribution in [-0.4, -0.2) is 69.8 Å². The first kappa shape index (κ1) is 25.9. The lowest BCUT2D eigenvalue weighted by molar-refractivity contribution is 0.0204. The van der Waals surface area contributed by atoms with Crippen molar-refractivity contribution in [2.24, 2.45) is 0 Å². The van der Waals surface area contributed by atoms with Gasteiger partial charge in [0.2, 0.25) is 5.88 Å². The van der Waals surface area contributed by atoms with E-state index in [1.54, 1.807) is 9.80 Å². The summed E-state index contributed by atoms with van der Waals surface area (Å²) in [5, 5.41) is 10.0. The molecule has 2 rings (SSSR count). The van der Waals surface area contributed by atoms with Gasteiger partial charge in [0.25, 0.3) is 5.91 Å². The van der Waals surface area contributed by atoms with Gasteiger partial charge in [-0.2, -0.15) is 0 Å². The van der Waals surface area contributed by atoms with E-state index in [-0.39, 0.29) is 42.3 Å². The Bertz CT molecular complexity index is 801. The molecule has 32 heavy (non-hydrogen) atoms. The van der Waals surface area contributed by atoms with Crippen LogP contribution in [0.5, 0.6) is 5.88 Å². The molecule has 2 heterocycles. The second-order valence-electron chi connectivity index (χ2n) is 9.89. The number of aliphatic hydroxyl groups excluding tert-OH is 1. The van der Waals surface area contributed by atoms with E-state index in [4.69, 9.17) is 9.47 Å². The van der Waals surface area contributed by atoms with Gasteiger partial charge in [-0.25, -0.2) is 9.78 Å². The number of methoxy groups -OCH3 is 1. The number of hydrogen-bond acceptors (Lipinski definition) is 6. The number of ether oxygens (including phenoxy) is 2. The molecule has 0 atom stereocenters. The molecule has 180 valence electrons. The summed E-state index contributed by atoms with van der Waals surface area (Å²) in [7, 11) is 1.54. The first-order chi connectivity index (χ1) is 14.9. The van der Waals surface area contributed by atoms with Gasteiger partial charge in [-0.05, 0) is 73.3 Å². The minimum Gasteiger partial charge on any atom is -0.481 e. The van der Waals surface area contributed by atoms with Crippen LogP contribution in [0.4, 0.5) is 4.79 Å². The van der Waals surface area contributed by atoms with E-state index in [2.05, 4.69) is 4.98 Å². The van der Waals surface area contributed by atoms with Gasteiger partial charge >= 0.3 is 6.09 Å². The molecule has 1 fully saturated rings. The number of likely N-dealkylation sites (tertiary alicyclic amines) is 1. The lowest BCUT2D eigenvalue weighted by Gasteiger charge is -2.34. The van der Waals surface area contributed by atoms with Crippen LogP contribution in [0.1, 0.15) is 88.8 Å². The molecule has 0 radical (unpaired) electrons. The quantitative estimate of drug-likeness (QED) is 0.707. The maximum absolute atomic E-state index is 13.2. The minimum absolute atomic E-state index is 0.00121. The molecule has 1 saturated heterocycles. The van der Waals surface area contributed by atoms with Crippen LogP contribution >= 0.6 is 0 Å². The van der Waals surface area contributed by atoms with Crippen molar-refractivity contribution in [1.29, 1.82) is 0 Å². The highest BCUT2D eigenvalue weighted by molar-refractivity contribution is 5.94. The number of amides is 2. The van der Waals surface area contributed by atoms with E-state index >= 15 is 0 Å². The van der Waals surface area contributed by atoms with Crippen molar-refractivity contribution in [3.63, 3.8) is 0 Å². The zero-order valence-corrected chi connectivity index (χ0v) is 20.8. The normalized spacial score (nSPS) is 15.3. The second kappa shape index (κ2) is 10.5. The minimum atomic E-state index is -0.528. The van der Waals surface area contributed by atoms with Gasteiger partial charge in [-0.15, -0.1) is 0 Å². The summed E-state index contributed by atoms with van der Waals surface area (Å²) < 4.78 is 11.0. The number of aromatic nitrogens is 1. The fourth-order valence-corrected chi connectivity index (χ4v) is 4.20. The molecular weight excluding hydrogens is 410 g/mol. The topological polar surface area (TPSA) is 92.2 Å². The molecule has 1 aromatic rings. The molecule has 1 aromatic heterocycles. The highest BCUT2D eigenvalue weighted by atomic mass is 16.6. The third-order valence-electron chi connectivity index (χ3n) is 5.59. The fraction of sp³-hybridized carbons (Fsp3) is 0.708.